The van der Waals surface area contributed by atoms with Gasteiger partial charge in [0.1, 0.15) is 0 Å². The van der Waals surface area contributed by atoms with Crippen LogP contribution in [0.2, 0.25) is 0 Å². The molecule has 2 N–H and O–H groups in total. The van der Waals surface area contributed by atoms with Crippen molar-refractivity contribution in [2.24, 2.45) is 5.92 Å². The molecule has 2 atom stereocenters. The van der Waals surface area contributed by atoms with Crippen molar-refractivity contribution in [3.63, 3.8) is 0 Å². The normalized spacial score (nSPS) is 23.7. The van der Waals surface area contributed by atoms with Gasteiger partial charge in [0.2, 0.25) is 5.91 Å². The van der Waals surface area contributed by atoms with E-state index >= 15 is 0 Å². The molecule has 0 aliphatic carbocycles. The third-order valence-corrected chi connectivity index (χ3v) is 6.22. The van der Waals surface area contributed by atoms with Crippen molar-refractivity contribution < 1.29 is 19.4 Å². The molecule has 1 aromatic rings. The molecule has 0 unspecified atom stereocenters. The van der Waals surface area contributed by atoms with E-state index in [2.05, 4.69) is 15.1 Å². The topological polar surface area (TPSA) is 98.8 Å². The highest BCUT2D eigenvalue weighted by atomic mass is 16.5. The molecule has 8 heteroatoms. The summed E-state index contributed by atoms with van der Waals surface area (Å²) in [7, 11) is 0. The molecule has 1 aromatic heterocycles. The van der Waals surface area contributed by atoms with Gasteiger partial charge in [-0.2, -0.15) is 5.10 Å². The molecule has 0 aromatic carbocycles. The molecule has 156 valence electrons. The molecule has 0 spiro atoms. The number of amides is 1. The number of H-pyrrole nitrogens is 1. The lowest BCUT2D eigenvalue weighted by atomic mass is 9.86. The summed E-state index contributed by atoms with van der Waals surface area (Å²) in [5.74, 6) is -0.435. The number of aromatic amines is 1. The van der Waals surface area contributed by atoms with Gasteiger partial charge in [-0.25, -0.2) is 0 Å². The summed E-state index contributed by atoms with van der Waals surface area (Å²) >= 11 is 0. The minimum Gasteiger partial charge on any atom is -0.481 e. The lowest BCUT2D eigenvalue weighted by Gasteiger charge is -2.45. The third-order valence-electron chi connectivity index (χ3n) is 6.22. The number of morpholine rings is 1. The van der Waals surface area contributed by atoms with Crippen LogP contribution in [0.1, 0.15) is 42.6 Å². The van der Waals surface area contributed by atoms with Gasteiger partial charge in [-0.3, -0.25) is 19.6 Å². The monoisotopic (exact) mass is 392 g/mol. The van der Waals surface area contributed by atoms with Gasteiger partial charge in [-0.05, 0) is 38.2 Å². The highest BCUT2D eigenvalue weighted by Gasteiger charge is 2.35. The fourth-order valence-corrected chi connectivity index (χ4v) is 4.39. The molecule has 0 radical (unpaired) electrons. The molecular formula is C20H32N4O4. The van der Waals surface area contributed by atoms with E-state index < -0.39 is 5.97 Å². The lowest BCUT2D eigenvalue weighted by Crippen LogP contribution is -2.55. The van der Waals surface area contributed by atoms with E-state index in [0.717, 1.165) is 56.2 Å². The van der Waals surface area contributed by atoms with Gasteiger partial charge in [0.15, 0.2) is 0 Å². The van der Waals surface area contributed by atoms with Crippen LogP contribution >= 0.6 is 0 Å². The zero-order chi connectivity index (χ0) is 20.1. The molecule has 2 saturated heterocycles. The van der Waals surface area contributed by atoms with Crippen molar-refractivity contribution in [1.82, 2.24) is 20.0 Å². The Bertz CT molecular complexity index is 684. The quantitative estimate of drug-likeness (QED) is 0.727. The maximum absolute atomic E-state index is 12.8. The summed E-state index contributed by atoms with van der Waals surface area (Å²) in [5.41, 5.74) is 3.12. The number of aliphatic carboxylic acids is 1. The highest BCUT2D eigenvalue weighted by Crippen LogP contribution is 2.27. The van der Waals surface area contributed by atoms with Crippen LogP contribution in [0.4, 0.5) is 0 Å². The summed E-state index contributed by atoms with van der Waals surface area (Å²) in [6, 6.07) is 0.337. The van der Waals surface area contributed by atoms with Crippen LogP contribution in [0.25, 0.3) is 0 Å². The Morgan fingerprint density at radius 1 is 1.21 bits per heavy atom. The van der Waals surface area contributed by atoms with Crippen LogP contribution in [-0.2, 0) is 20.7 Å². The van der Waals surface area contributed by atoms with E-state index in [1.807, 2.05) is 18.7 Å². The number of carbonyl (C=O) groups is 2. The number of carboxylic acids is 1. The van der Waals surface area contributed by atoms with Crippen molar-refractivity contribution in [3.05, 3.63) is 17.0 Å². The van der Waals surface area contributed by atoms with Crippen LogP contribution in [0.5, 0.6) is 0 Å². The number of nitrogens with one attached hydrogen (secondary N) is 1. The lowest BCUT2D eigenvalue weighted by molar-refractivity contribution is -0.138. The second kappa shape index (κ2) is 9.52. The molecular weight excluding hydrogens is 360 g/mol. The minimum atomic E-state index is -0.770. The van der Waals surface area contributed by atoms with E-state index in [4.69, 9.17) is 9.84 Å². The number of carboxylic acid groups (broad SMARTS) is 1. The fourth-order valence-electron chi connectivity index (χ4n) is 4.39. The zero-order valence-corrected chi connectivity index (χ0v) is 16.9. The van der Waals surface area contributed by atoms with Gasteiger partial charge in [-0.15, -0.1) is 0 Å². The Hall–Kier alpha value is -1.93. The van der Waals surface area contributed by atoms with Crippen LogP contribution < -0.4 is 0 Å². The standard InChI is InChI=1S/C20H32N4O4/c1-14-15(2)21-22-17(14)4-5-19(25)24-8-7-18(23-9-11-28-12-10-23)16(13-24)3-6-20(26)27/h16,18H,3-13H2,1-2H3,(H,21,22)(H,26,27)/t16-,18+/m1/s1. The maximum atomic E-state index is 12.8. The van der Waals surface area contributed by atoms with Crippen LogP contribution in [0.3, 0.4) is 0 Å². The molecule has 3 heterocycles. The van der Waals surface area contributed by atoms with Gasteiger partial charge < -0.3 is 14.7 Å². The number of carbonyl (C=O) groups excluding carboxylic acids is 1. The maximum Gasteiger partial charge on any atom is 0.303 e. The summed E-state index contributed by atoms with van der Waals surface area (Å²) in [6.07, 6.45) is 2.74. The van der Waals surface area contributed by atoms with Crippen molar-refractivity contribution >= 4 is 11.9 Å². The number of aromatic nitrogens is 2. The van der Waals surface area contributed by atoms with Gasteiger partial charge >= 0.3 is 5.97 Å². The molecule has 2 fully saturated rings. The highest BCUT2D eigenvalue weighted by molar-refractivity contribution is 5.76. The molecule has 0 bridgehead atoms. The van der Waals surface area contributed by atoms with Gasteiger partial charge in [-0.1, -0.05) is 0 Å². The number of rotatable bonds is 7. The SMILES string of the molecule is Cc1[nH]nc(CCC(=O)N2CC[C@H](N3CCOCC3)[C@H](CCC(=O)O)C2)c1C. The molecule has 3 rings (SSSR count). The van der Waals surface area contributed by atoms with Crippen molar-refractivity contribution in [3.8, 4) is 0 Å². The Labute approximate surface area is 166 Å². The second-order valence-corrected chi connectivity index (χ2v) is 7.96. The van der Waals surface area contributed by atoms with Gasteiger partial charge in [0.05, 0.1) is 18.9 Å². The summed E-state index contributed by atoms with van der Waals surface area (Å²) in [4.78, 5) is 28.3. The van der Waals surface area contributed by atoms with E-state index in [9.17, 15) is 9.59 Å². The summed E-state index contributed by atoms with van der Waals surface area (Å²) in [6.45, 7) is 8.63. The van der Waals surface area contributed by atoms with Crippen LogP contribution in [0, 0.1) is 19.8 Å². The third kappa shape index (κ3) is 5.11. The van der Waals surface area contributed by atoms with Crippen LogP contribution in [-0.4, -0.2) is 82.4 Å². The van der Waals surface area contributed by atoms with Crippen molar-refractivity contribution in [2.75, 3.05) is 39.4 Å². The first-order valence-electron chi connectivity index (χ1n) is 10.3. The molecule has 2 aliphatic heterocycles. The van der Waals surface area contributed by atoms with E-state index in [0.29, 0.717) is 31.8 Å². The summed E-state index contributed by atoms with van der Waals surface area (Å²) < 4.78 is 5.46. The molecule has 0 saturated carbocycles. The predicted molar refractivity (Wildman–Crippen MR) is 104 cm³/mol. The van der Waals surface area contributed by atoms with Crippen molar-refractivity contribution in [2.45, 2.75) is 52.0 Å². The van der Waals surface area contributed by atoms with Gasteiger partial charge in [0.25, 0.3) is 0 Å². The second-order valence-electron chi connectivity index (χ2n) is 7.96. The van der Waals surface area contributed by atoms with E-state index in [1.165, 1.54) is 0 Å². The first-order valence-corrected chi connectivity index (χ1v) is 10.3. The Balaban J connectivity index is 1.58. The van der Waals surface area contributed by atoms with E-state index in [1.54, 1.807) is 0 Å². The van der Waals surface area contributed by atoms with Crippen LogP contribution in [0.15, 0.2) is 0 Å². The number of hydrogen-bond acceptors (Lipinski definition) is 5. The number of hydrogen-bond donors (Lipinski definition) is 2. The first-order chi connectivity index (χ1) is 13.5. The number of piperidine rings is 1. The van der Waals surface area contributed by atoms with Crippen molar-refractivity contribution in [1.29, 1.82) is 0 Å². The molecule has 8 nitrogen and oxygen atoms in total. The van der Waals surface area contributed by atoms with E-state index in [-0.39, 0.29) is 18.2 Å². The number of nitrogens with zero attached hydrogens (tertiary/aromatic N) is 3. The smallest absolute Gasteiger partial charge is 0.303 e. The average Bonchev–Trinajstić information content (AvgIpc) is 3.03. The van der Waals surface area contributed by atoms with Gasteiger partial charge in [0, 0.05) is 57.2 Å². The fraction of sp³-hybridized carbons (Fsp3) is 0.750. The molecule has 2 aliphatic rings. The Kier molecular flexibility index (Phi) is 7.07. The minimum absolute atomic E-state index is 0.140. The largest absolute Gasteiger partial charge is 0.481 e. The Morgan fingerprint density at radius 2 is 1.96 bits per heavy atom. The Morgan fingerprint density at radius 3 is 2.61 bits per heavy atom. The summed E-state index contributed by atoms with van der Waals surface area (Å²) in [5, 5.41) is 16.4. The number of likely N-dealkylation sites (tertiary alicyclic amines) is 1. The first kappa shape index (κ1) is 20.8. The predicted octanol–water partition coefficient (Wildman–Crippen LogP) is 1.37. The molecule has 1 amide bonds. The number of ether oxygens (including phenoxy) is 1. The number of aryl methyl sites for hydroxylation is 2. The molecule has 28 heavy (non-hydrogen) atoms. The average molecular weight is 393 g/mol. The zero-order valence-electron chi connectivity index (χ0n) is 16.9.